The first-order valence-electron chi connectivity index (χ1n) is 13.4. The zero-order valence-electron chi connectivity index (χ0n) is 21.9. The molecule has 1 fully saturated rings. The molecule has 1 atom stereocenters. The molecule has 7 nitrogen and oxygen atoms in total. The molecule has 1 aromatic heterocycles. The molecule has 0 saturated carbocycles. The van der Waals surface area contributed by atoms with Gasteiger partial charge in [0.05, 0.1) is 42.0 Å². The molecule has 2 aliphatic rings. The maximum absolute atomic E-state index is 13.5. The van der Waals surface area contributed by atoms with Crippen LogP contribution in [0, 0.1) is 4.51 Å². The van der Waals surface area contributed by atoms with Crippen LogP contribution in [0.15, 0.2) is 66.9 Å². The van der Waals surface area contributed by atoms with Crippen LogP contribution in [0.25, 0.3) is 10.9 Å². The van der Waals surface area contributed by atoms with Gasteiger partial charge >= 0.3 is 0 Å². The molecule has 1 saturated heterocycles. The number of morpholine rings is 1. The van der Waals surface area contributed by atoms with Gasteiger partial charge in [0.2, 0.25) is 0 Å². The topological polar surface area (TPSA) is 76.0 Å². The third kappa shape index (κ3) is 5.64. The molecular weight excluding hydrogens is 546 g/mol. The SMILES string of the molecule is O=C(NCc1ccc(Cl)cc1)c1cn2c3c(cc(CN4CCOCC4)cc3c1=S)OC(c1cccc(CO)c1)C2. The minimum atomic E-state index is -0.285. The van der Waals surface area contributed by atoms with Gasteiger partial charge in [-0.05, 0) is 52.6 Å². The molecule has 40 heavy (non-hydrogen) atoms. The molecule has 3 heterocycles. The molecule has 6 rings (SSSR count). The van der Waals surface area contributed by atoms with Gasteiger partial charge in [0, 0.05) is 42.8 Å². The minimum absolute atomic E-state index is 0.0409. The number of halogens is 1. The molecule has 206 valence electrons. The van der Waals surface area contributed by atoms with Crippen molar-refractivity contribution in [3.8, 4) is 5.75 Å². The molecule has 4 aromatic rings. The van der Waals surface area contributed by atoms with Crippen molar-refractivity contribution < 1.29 is 19.4 Å². The molecular formula is C31H30ClN3O4S. The molecule has 1 unspecified atom stereocenters. The maximum Gasteiger partial charge on any atom is 0.254 e. The number of nitrogens with one attached hydrogen (secondary N) is 1. The van der Waals surface area contributed by atoms with Crippen molar-refractivity contribution in [2.75, 3.05) is 26.3 Å². The zero-order chi connectivity index (χ0) is 27.6. The predicted octanol–water partition coefficient (Wildman–Crippen LogP) is 5.41. The average molecular weight is 576 g/mol. The Morgan fingerprint density at radius 3 is 2.62 bits per heavy atom. The lowest BCUT2D eigenvalue weighted by atomic mass is 10.0. The van der Waals surface area contributed by atoms with Crippen molar-refractivity contribution in [1.82, 2.24) is 14.8 Å². The summed E-state index contributed by atoms with van der Waals surface area (Å²) in [6.45, 7) is 4.72. The van der Waals surface area contributed by atoms with E-state index in [1.165, 1.54) is 0 Å². The fraction of sp³-hybridized carbons (Fsp3) is 0.290. The van der Waals surface area contributed by atoms with Crippen molar-refractivity contribution in [2.45, 2.75) is 32.3 Å². The normalized spacial score (nSPS) is 17.0. The lowest BCUT2D eigenvalue weighted by Gasteiger charge is -2.31. The molecule has 9 heteroatoms. The number of pyridine rings is 1. The van der Waals surface area contributed by atoms with E-state index in [0.29, 0.717) is 41.4 Å². The van der Waals surface area contributed by atoms with E-state index < -0.39 is 0 Å². The highest BCUT2D eigenvalue weighted by atomic mass is 35.5. The van der Waals surface area contributed by atoms with E-state index in [0.717, 1.165) is 58.5 Å². The van der Waals surface area contributed by atoms with E-state index in [1.54, 1.807) is 12.1 Å². The van der Waals surface area contributed by atoms with Crippen molar-refractivity contribution in [3.63, 3.8) is 0 Å². The largest absolute Gasteiger partial charge is 0.482 e. The summed E-state index contributed by atoms with van der Waals surface area (Å²) in [5.74, 6) is 0.515. The number of aliphatic hydroxyl groups is 1. The summed E-state index contributed by atoms with van der Waals surface area (Å²) < 4.78 is 14.7. The Balaban J connectivity index is 1.39. The van der Waals surface area contributed by atoms with Crippen molar-refractivity contribution in [2.24, 2.45) is 0 Å². The molecule has 3 aromatic carbocycles. The van der Waals surface area contributed by atoms with Gasteiger partial charge in [0.1, 0.15) is 11.9 Å². The Morgan fingerprint density at radius 1 is 1.05 bits per heavy atom. The third-order valence-corrected chi connectivity index (χ3v) is 8.15. The first-order valence-corrected chi connectivity index (χ1v) is 14.2. The summed E-state index contributed by atoms with van der Waals surface area (Å²) in [5, 5.41) is 14.2. The monoisotopic (exact) mass is 575 g/mol. The quantitative estimate of drug-likeness (QED) is 0.287. The number of carbonyl (C=O) groups excluding carboxylic acids is 1. The van der Waals surface area contributed by atoms with E-state index in [-0.39, 0.29) is 18.6 Å². The predicted molar refractivity (Wildman–Crippen MR) is 157 cm³/mol. The van der Waals surface area contributed by atoms with Crippen LogP contribution in [-0.2, 0) is 31.0 Å². The van der Waals surface area contributed by atoms with Gasteiger partial charge in [-0.1, -0.05) is 54.2 Å². The summed E-state index contributed by atoms with van der Waals surface area (Å²) in [5.41, 5.74) is 5.16. The fourth-order valence-electron chi connectivity index (χ4n) is 5.38. The number of hydrogen-bond acceptors (Lipinski definition) is 6. The number of rotatable bonds is 7. The van der Waals surface area contributed by atoms with E-state index in [2.05, 4.69) is 26.9 Å². The van der Waals surface area contributed by atoms with Gasteiger partial charge in [0.25, 0.3) is 5.91 Å². The summed E-state index contributed by atoms with van der Waals surface area (Å²) in [6, 6.07) is 19.4. The third-order valence-electron chi connectivity index (χ3n) is 7.45. The molecule has 0 radical (unpaired) electrons. The first kappa shape index (κ1) is 26.9. The van der Waals surface area contributed by atoms with Crippen LogP contribution in [0.5, 0.6) is 5.75 Å². The highest BCUT2D eigenvalue weighted by Crippen LogP contribution is 2.38. The van der Waals surface area contributed by atoms with E-state index >= 15 is 0 Å². The lowest BCUT2D eigenvalue weighted by molar-refractivity contribution is 0.0341. The number of nitrogens with zero attached hydrogens (tertiary/aromatic N) is 2. The van der Waals surface area contributed by atoms with Gasteiger partial charge < -0.3 is 24.5 Å². The highest BCUT2D eigenvalue weighted by Gasteiger charge is 2.26. The first-order chi connectivity index (χ1) is 19.5. The summed E-state index contributed by atoms with van der Waals surface area (Å²) in [7, 11) is 0. The fourth-order valence-corrected chi connectivity index (χ4v) is 5.80. The maximum atomic E-state index is 13.5. The number of ether oxygens (including phenoxy) is 2. The van der Waals surface area contributed by atoms with Crippen LogP contribution in [0.2, 0.25) is 5.02 Å². The van der Waals surface area contributed by atoms with Crippen LogP contribution < -0.4 is 10.1 Å². The number of carbonyl (C=O) groups is 1. The second-order valence-electron chi connectivity index (χ2n) is 10.2. The van der Waals surface area contributed by atoms with Crippen LogP contribution in [0.3, 0.4) is 0 Å². The Labute approximate surface area is 242 Å². The Hall–Kier alpha value is -3.27. The van der Waals surface area contributed by atoms with Crippen LogP contribution in [0.4, 0.5) is 0 Å². The van der Waals surface area contributed by atoms with Gasteiger partial charge in [-0.25, -0.2) is 0 Å². The van der Waals surface area contributed by atoms with Crippen molar-refractivity contribution in [1.29, 1.82) is 0 Å². The van der Waals surface area contributed by atoms with Crippen LogP contribution in [-0.4, -0.2) is 46.8 Å². The molecule has 0 aliphatic carbocycles. The van der Waals surface area contributed by atoms with Crippen LogP contribution >= 0.6 is 23.8 Å². The lowest BCUT2D eigenvalue weighted by Crippen LogP contribution is -2.35. The van der Waals surface area contributed by atoms with Gasteiger partial charge in [-0.3, -0.25) is 9.69 Å². The molecule has 2 N–H and O–H groups in total. The summed E-state index contributed by atoms with van der Waals surface area (Å²) in [4.78, 5) is 15.8. The van der Waals surface area contributed by atoms with Gasteiger partial charge in [0.15, 0.2) is 0 Å². The second-order valence-corrected chi connectivity index (χ2v) is 11.1. The number of amides is 1. The molecule has 0 bridgehead atoms. The average Bonchev–Trinajstić information content (AvgIpc) is 2.98. The number of aliphatic hydroxyl groups excluding tert-OH is 1. The van der Waals surface area contributed by atoms with Crippen molar-refractivity contribution in [3.05, 3.63) is 104 Å². The van der Waals surface area contributed by atoms with E-state index in [4.69, 9.17) is 33.3 Å². The molecule has 1 amide bonds. The minimum Gasteiger partial charge on any atom is -0.482 e. The Kier molecular flexibility index (Phi) is 7.87. The standard InChI is InChI=1S/C31H30ClN3O4S/c32-24-6-4-20(5-7-24)15-33-31(37)26-17-35-18-28(23-3-1-2-21(12-23)19-36)39-27-14-22(13-25(29(27)35)30(26)40)16-34-8-10-38-11-9-34/h1-7,12-14,17,28,36H,8-11,15-16,18-19H2,(H,33,37). The van der Waals surface area contributed by atoms with Crippen LogP contribution in [0.1, 0.15) is 38.7 Å². The Bertz CT molecular complexity index is 1620. The summed E-state index contributed by atoms with van der Waals surface area (Å²) >= 11 is 11.9. The van der Waals surface area contributed by atoms with Gasteiger partial charge in [-0.15, -0.1) is 0 Å². The highest BCUT2D eigenvalue weighted by molar-refractivity contribution is 7.71. The van der Waals surface area contributed by atoms with E-state index in [1.807, 2.05) is 42.6 Å². The molecule has 2 aliphatic heterocycles. The van der Waals surface area contributed by atoms with E-state index in [9.17, 15) is 9.90 Å². The van der Waals surface area contributed by atoms with Gasteiger partial charge in [-0.2, -0.15) is 0 Å². The summed E-state index contributed by atoms with van der Waals surface area (Å²) in [6.07, 6.45) is 1.56. The molecule has 0 spiro atoms. The number of aromatic nitrogens is 1. The Morgan fingerprint density at radius 2 is 1.85 bits per heavy atom. The number of benzene rings is 3. The number of hydrogen-bond donors (Lipinski definition) is 2. The van der Waals surface area contributed by atoms with Crippen molar-refractivity contribution >= 4 is 40.6 Å². The smallest absolute Gasteiger partial charge is 0.254 e. The second kappa shape index (κ2) is 11.7. The zero-order valence-corrected chi connectivity index (χ0v) is 23.5.